The zero-order chi connectivity index (χ0) is 14.9. The third kappa shape index (κ3) is 2.46. The van der Waals surface area contributed by atoms with Crippen LogP contribution < -0.4 is 5.73 Å². The van der Waals surface area contributed by atoms with Gasteiger partial charge in [-0.1, -0.05) is 0 Å². The fraction of sp³-hybridized carbons (Fsp3) is 0.154. The number of nitrogens with zero attached hydrogens (tertiary/aromatic N) is 3. The van der Waals surface area contributed by atoms with Crippen molar-refractivity contribution in [3.8, 4) is 5.69 Å². The van der Waals surface area contributed by atoms with Crippen molar-refractivity contribution in [2.45, 2.75) is 0 Å². The lowest BCUT2D eigenvalue weighted by molar-refractivity contribution is 0.0697. The van der Waals surface area contributed by atoms with Crippen LogP contribution in [-0.4, -0.2) is 45.8 Å². The van der Waals surface area contributed by atoms with Crippen LogP contribution in [0.4, 0.5) is 5.69 Å². The van der Waals surface area contributed by atoms with E-state index in [0.717, 1.165) is 0 Å². The summed E-state index contributed by atoms with van der Waals surface area (Å²) in [4.78, 5) is 24.2. The highest BCUT2D eigenvalue weighted by atomic mass is 16.4. The molecule has 1 heterocycles. The number of amides is 1. The molecule has 0 aliphatic carbocycles. The normalized spacial score (nSPS) is 10.3. The number of hydrogen-bond acceptors (Lipinski definition) is 4. The second-order valence-electron chi connectivity index (χ2n) is 4.42. The number of carboxylic acid groups (broad SMARTS) is 1. The Morgan fingerprint density at radius 3 is 2.60 bits per heavy atom. The largest absolute Gasteiger partial charge is 0.478 e. The van der Waals surface area contributed by atoms with Crippen LogP contribution in [0.1, 0.15) is 20.8 Å². The molecule has 1 amide bonds. The highest BCUT2D eigenvalue weighted by Gasteiger charge is 2.14. The maximum Gasteiger partial charge on any atom is 0.337 e. The molecule has 0 aliphatic rings. The minimum Gasteiger partial charge on any atom is -0.478 e. The van der Waals surface area contributed by atoms with E-state index in [4.69, 9.17) is 10.8 Å². The van der Waals surface area contributed by atoms with Crippen molar-refractivity contribution >= 4 is 17.6 Å². The zero-order valence-electron chi connectivity index (χ0n) is 11.1. The second kappa shape index (κ2) is 5.04. The smallest absolute Gasteiger partial charge is 0.337 e. The van der Waals surface area contributed by atoms with Gasteiger partial charge in [-0.15, -0.1) is 0 Å². The first-order valence-corrected chi connectivity index (χ1v) is 5.80. The van der Waals surface area contributed by atoms with E-state index in [-0.39, 0.29) is 22.9 Å². The Balaban J connectivity index is 2.40. The van der Waals surface area contributed by atoms with E-state index < -0.39 is 5.97 Å². The van der Waals surface area contributed by atoms with Gasteiger partial charge in [0.15, 0.2) is 5.69 Å². The number of aromatic nitrogens is 2. The number of nitrogens with two attached hydrogens (primary N) is 1. The monoisotopic (exact) mass is 274 g/mol. The van der Waals surface area contributed by atoms with E-state index in [0.29, 0.717) is 5.69 Å². The van der Waals surface area contributed by atoms with Crippen LogP contribution in [0, 0.1) is 0 Å². The molecule has 0 radical (unpaired) electrons. The van der Waals surface area contributed by atoms with Crippen LogP contribution in [0.5, 0.6) is 0 Å². The van der Waals surface area contributed by atoms with Crippen LogP contribution in [0.3, 0.4) is 0 Å². The van der Waals surface area contributed by atoms with Gasteiger partial charge in [0.25, 0.3) is 5.91 Å². The van der Waals surface area contributed by atoms with Gasteiger partial charge in [-0.3, -0.25) is 4.79 Å². The molecule has 3 N–H and O–H groups in total. The summed E-state index contributed by atoms with van der Waals surface area (Å²) in [5, 5.41) is 13.2. The van der Waals surface area contributed by atoms with Crippen LogP contribution in [0.15, 0.2) is 30.5 Å². The Morgan fingerprint density at radius 1 is 1.30 bits per heavy atom. The number of carbonyl (C=O) groups excluding carboxylic acids is 1. The summed E-state index contributed by atoms with van der Waals surface area (Å²) in [7, 11) is 3.26. The van der Waals surface area contributed by atoms with Crippen molar-refractivity contribution in [1.29, 1.82) is 0 Å². The molecule has 0 bridgehead atoms. The van der Waals surface area contributed by atoms with E-state index in [1.807, 2.05) is 0 Å². The SMILES string of the molecule is CN(C)C(=O)c1ccn(-c2ccc(N)c(C(=O)O)c2)n1. The number of anilines is 1. The molecule has 0 aliphatic heterocycles. The molecule has 2 rings (SSSR count). The molecule has 2 aromatic rings. The van der Waals surface area contributed by atoms with E-state index in [2.05, 4.69) is 5.10 Å². The second-order valence-corrected chi connectivity index (χ2v) is 4.42. The number of aromatic carboxylic acids is 1. The van der Waals surface area contributed by atoms with Crippen molar-refractivity contribution in [2.75, 3.05) is 19.8 Å². The Hall–Kier alpha value is -2.83. The van der Waals surface area contributed by atoms with Crippen molar-refractivity contribution in [3.63, 3.8) is 0 Å². The predicted molar refractivity (Wildman–Crippen MR) is 73.0 cm³/mol. The van der Waals surface area contributed by atoms with Crippen molar-refractivity contribution in [1.82, 2.24) is 14.7 Å². The summed E-state index contributed by atoms with van der Waals surface area (Å²) >= 11 is 0. The van der Waals surface area contributed by atoms with Gasteiger partial charge in [0.1, 0.15) is 0 Å². The van der Waals surface area contributed by atoms with E-state index in [9.17, 15) is 9.59 Å². The van der Waals surface area contributed by atoms with E-state index in [1.54, 1.807) is 32.4 Å². The van der Waals surface area contributed by atoms with Gasteiger partial charge in [0.2, 0.25) is 0 Å². The van der Waals surface area contributed by atoms with Crippen LogP contribution in [0.2, 0.25) is 0 Å². The van der Waals surface area contributed by atoms with E-state index >= 15 is 0 Å². The fourth-order valence-electron chi connectivity index (χ4n) is 1.68. The number of rotatable bonds is 3. The summed E-state index contributed by atoms with van der Waals surface area (Å²) in [6.07, 6.45) is 1.59. The highest BCUT2D eigenvalue weighted by molar-refractivity contribution is 5.94. The molecule has 0 saturated heterocycles. The van der Waals surface area contributed by atoms with Crippen LogP contribution >= 0.6 is 0 Å². The first kappa shape index (κ1) is 13.6. The molecule has 0 fully saturated rings. The highest BCUT2D eigenvalue weighted by Crippen LogP contribution is 2.17. The molecule has 7 nitrogen and oxygen atoms in total. The maximum atomic E-state index is 11.8. The lowest BCUT2D eigenvalue weighted by atomic mass is 10.1. The minimum absolute atomic E-state index is 0.00140. The molecule has 20 heavy (non-hydrogen) atoms. The number of benzene rings is 1. The average molecular weight is 274 g/mol. The standard InChI is InChI=1S/C13H14N4O3/c1-16(2)12(18)11-5-6-17(15-11)8-3-4-10(14)9(7-8)13(19)20/h3-7H,14H2,1-2H3,(H,19,20). The molecule has 0 atom stereocenters. The Bertz CT molecular complexity index is 676. The average Bonchev–Trinajstić information content (AvgIpc) is 2.87. The molecule has 104 valence electrons. The van der Waals surface area contributed by atoms with Crippen molar-refractivity contribution < 1.29 is 14.7 Å². The molecule has 0 saturated carbocycles. The topological polar surface area (TPSA) is 101 Å². The Morgan fingerprint density at radius 2 is 2.00 bits per heavy atom. The van der Waals surface area contributed by atoms with Gasteiger partial charge >= 0.3 is 5.97 Å². The summed E-state index contributed by atoms with van der Waals surface area (Å²) in [5.74, 6) is -1.33. The number of carbonyl (C=O) groups is 2. The minimum atomic E-state index is -1.11. The third-order valence-corrected chi connectivity index (χ3v) is 2.75. The fourth-order valence-corrected chi connectivity index (χ4v) is 1.68. The lowest BCUT2D eigenvalue weighted by Crippen LogP contribution is -2.22. The lowest BCUT2D eigenvalue weighted by Gasteiger charge is -2.07. The van der Waals surface area contributed by atoms with Gasteiger partial charge in [-0.05, 0) is 24.3 Å². The third-order valence-electron chi connectivity index (χ3n) is 2.75. The van der Waals surface area contributed by atoms with Crippen molar-refractivity contribution in [3.05, 3.63) is 41.7 Å². The Kier molecular flexibility index (Phi) is 3.43. The zero-order valence-corrected chi connectivity index (χ0v) is 11.1. The quantitative estimate of drug-likeness (QED) is 0.808. The first-order chi connectivity index (χ1) is 9.40. The molecule has 0 spiro atoms. The van der Waals surface area contributed by atoms with Gasteiger partial charge in [0.05, 0.1) is 11.3 Å². The first-order valence-electron chi connectivity index (χ1n) is 5.80. The van der Waals surface area contributed by atoms with Crippen LogP contribution in [-0.2, 0) is 0 Å². The molecule has 7 heteroatoms. The summed E-state index contributed by atoms with van der Waals surface area (Å²) < 4.78 is 1.43. The molecule has 1 aromatic heterocycles. The maximum absolute atomic E-state index is 11.8. The van der Waals surface area contributed by atoms with E-state index in [1.165, 1.54) is 21.7 Å². The Labute approximate surface area is 115 Å². The summed E-state index contributed by atoms with van der Waals surface area (Å²) in [5.41, 5.74) is 6.57. The van der Waals surface area contributed by atoms with Crippen LogP contribution in [0.25, 0.3) is 5.69 Å². The molecule has 1 aromatic carbocycles. The number of carboxylic acids is 1. The molecule has 0 unspecified atom stereocenters. The number of hydrogen-bond donors (Lipinski definition) is 2. The molecular formula is C13H14N4O3. The predicted octanol–water partition coefficient (Wildman–Crippen LogP) is 0.855. The van der Waals surface area contributed by atoms with Gasteiger partial charge in [0, 0.05) is 26.0 Å². The summed E-state index contributed by atoms with van der Waals surface area (Å²) in [6, 6.07) is 6.11. The molecular weight excluding hydrogens is 260 g/mol. The van der Waals surface area contributed by atoms with Crippen molar-refractivity contribution in [2.24, 2.45) is 0 Å². The van der Waals surface area contributed by atoms with Gasteiger partial charge in [-0.2, -0.15) is 5.10 Å². The number of nitrogen functional groups attached to an aromatic ring is 1. The summed E-state index contributed by atoms with van der Waals surface area (Å²) in [6.45, 7) is 0. The van der Waals surface area contributed by atoms with Gasteiger partial charge in [-0.25, -0.2) is 9.48 Å². The van der Waals surface area contributed by atoms with Gasteiger partial charge < -0.3 is 15.7 Å².